The average molecular weight is 738 g/mol. The number of hydrogen-bond acceptors (Lipinski definition) is 8. The molecule has 0 aliphatic carbocycles. The van der Waals surface area contributed by atoms with Crippen LogP contribution < -0.4 is 14.8 Å². The van der Waals surface area contributed by atoms with E-state index in [-0.39, 0.29) is 29.1 Å². The number of ether oxygens (including phenoxy) is 3. The lowest BCUT2D eigenvalue weighted by Crippen LogP contribution is -2.33. The molecule has 2 unspecified atom stereocenters. The first-order chi connectivity index (χ1) is 26.7. The Morgan fingerprint density at radius 2 is 1.98 bits per heavy atom. The van der Waals surface area contributed by atoms with Crippen LogP contribution in [-0.4, -0.2) is 56.4 Å². The first kappa shape index (κ1) is 34.7. The van der Waals surface area contributed by atoms with Gasteiger partial charge in [0.2, 0.25) is 0 Å². The fourth-order valence-electron chi connectivity index (χ4n) is 7.77. The van der Waals surface area contributed by atoms with E-state index in [1.165, 1.54) is 6.07 Å². The predicted octanol–water partition coefficient (Wildman–Crippen LogP) is 8.02. The van der Waals surface area contributed by atoms with E-state index in [0.717, 1.165) is 70.6 Å². The number of benzene rings is 4. The number of nitrogens with zero attached hydrogens (tertiary/aromatic N) is 5. The minimum absolute atomic E-state index is 0.141. The van der Waals surface area contributed by atoms with Gasteiger partial charge in [0, 0.05) is 54.5 Å². The summed E-state index contributed by atoms with van der Waals surface area (Å²) in [6.45, 7) is 9.50. The van der Waals surface area contributed by atoms with Crippen molar-refractivity contribution in [1.29, 1.82) is 5.26 Å². The topological polar surface area (TPSA) is 130 Å². The summed E-state index contributed by atoms with van der Waals surface area (Å²) in [5.74, 6) is 0.218. The van der Waals surface area contributed by atoms with E-state index in [1.54, 1.807) is 25.1 Å². The van der Waals surface area contributed by atoms with E-state index in [2.05, 4.69) is 44.9 Å². The molecule has 3 aliphatic heterocycles. The van der Waals surface area contributed by atoms with E-state index in [0.29, 0.717) is 42.4 Å². The number of aromatic nitrogens is 4. The highest BCUT2D eigenvalue weighted by molar-refractivity contribution is 6.07. The Kier molecular flexibility index (Phi) is 8.63. The van der Waals surface area contributed by atoms with Crippen LogP contribution in [0.1, 0.15) is 78.1 Å². The minimum Gasteiger partial charge on any atom is -0.444 e. The number of amides is 1. The SMILES string of the molecule is CC(C)c1[nH]nc2ccc(C(=O)Nc3ccc4c(c3)nc(CN3CC=C(c5cccc6c5OC(C)(c5ccc(C#N)cc5F)O6)CC3)n4CC3CCO3)cc12. The largest absolute Gasteiger partial charge is 0.444 e. The summed E-state index contributed by atoms with van der Waals surface area (Å²) in [5.41, 5.74) is 7.41. The molecule has 12 heteroatoms. The van der Waals surface area contributed by atoms with E-state index < -0.39 is 11.6 Å². The lowest BCUT2D eigenvalue weighted by Gasteiger charge is -2.29. The van der Waals surface area contributed by atoms with Crippen molar-refractivity contribution in [3.05, 3.63) is 118 Å². The van der Waals surface area contributed by atoms with Gasteiger partial charge >= 0.3 is 0 Å². The number of aromatic amines is 1. The zero-order valence-corrected chi connectivity index (χ0v) is 30.9. The van der Waals surface area contributed by atoms with Gasteiger partial charge in [0.15, 0.2) is 11.5 Å². The highest BCUT2D eigenvalue weighted by Gasteiger charge is 2.42. The maximum absolute atomic E-state index is 15.1. The number of carbonyl (C=O) groups excluding carboxylic acids is 1. The number of H-pyrrole nitrogens is 1. The molecule has 2 N–H and O–H groups in total. The summed E-state index contributed by atoms with van der Waals surface area (Å²) in [4.78, 5) is 20.9. The predicted molar refractivity (Wildman–Crippen MR) is 206 cm³/mol. The van der Waals surface area contributed by atoms with Gasteiger partial charge in [-0.2, -0.15) is 10.4 Å². The highest BCUT2D eigenvalue weighted by Crippen LogP contribution is 2.49. The molecule has 3 aliphatic rings. The Bertz CT molecular complexity index is 2560. The number of rotatable bonds is 9. The van der Waals surface area contributed by atoms with Crippen molar-refractivity contribution in [3.63, 3.8) is 0 Å². The summed E-state index contributed by atoms with van der Waals surface area (Å²) in [6, 6.07) is 23.5. The van der Waals surface area contributed by atoms with Crippen molar-refractivity contribution in [2.24, 2.45) is 0 Å². The molecule has 1 fully saturated rings. The second-order valence-electron chi connectivity index (χ2n) is 14.9. The van der Waals surface area contributed by atoms with Gasteiger partial charge in [-0.15, -0.1) is 0 Å². The van der Waals surface area contributed by atoms with E-state index in [1.807, 2.05) is 54.6 Å². The van der Waals surface area contributed by atoms with Gasteiger partial charge in [0.05, 0.1) is 52.9 Å². The van der Waals surface area contributed by atoms with Crippen LogP contribution in [-0.2, 0) is 23.6 Å². The van der Waals surface area contributed by atoms with Crippen LogP contribution in [0.2, 0.25) is 0 Å². The summed E-state index contributed by atoms with van der Waals surface area (Å²) < 4.78 is 35.7. The van der Waals surface area contributed by atoms with Gasteiger partial charge in [0.1, 0.15) is 11.6 Å². The molecule has 9 rings (SSSR count). The molecular weight excluding hydrogens is 698 g/mol. The number of hydrogen-bond donors (Lipinski definition) is 2. The number of nitriles is 1. The first-order valence-electron chi connectivity index (χ1n) is 18.7. The average Bonchev–Trinajstić information content (AvgIpc) is 3.85. The van der Waals surface area contributed by atoms with Crippen molar-refractivity contribution in [2.45, 2.75) is 64.5 Å². The maximum Gasteiger partial charge on any atom is 0.278 e. The van der Waals surface area contributed by atoms with Crippen molar-refractivity contribution in [3.8, 4) is 17.6 Å². The van der Waals surface area contributed by atoms with Gasteiger partial charge in [0.25, 0.3) is 11.7 Å². The molecular formula is C43H40FN7O4. The third-order valence-corrected chi connectivity index (χ3v) is 10.9. The third kappa shape index (κ3) is 6.39. The Balaban J connectivity index is 0.930. The standard InChI is InChI=1S/C43H40FN7O4/c1-25(2)40-32-20-28(8-11-35(32)48-49-40)42(52)46-29-9-12-37-36(21-29)47-39(51(37)23-30-15-18-53-30)24-50-16-13-27(14-17-50)31-5-4-6-38-41(31)55-43(3,54-38)33-10-7-26(22-45)19-34(33)44/h4-13,19-21,25,30H,14-18,23-24H2,1-3H3,(H,46,52)(H,48,49). The maximum atomic E-state index is 15.1. The second kappa shape index (κ2) is 13.7. The number of carbonyl (C=O) groups is 1. The molecule has 5 heterocycles. The molecule has 6 aromatic rings. The minimum atomic E-state index is -1.37. The fraction of sp³-hybridized carbons (Fsp3) is 0.302. The van der Waals surface area contributed by atoms with Crippen LogP contribution in [0, 0.1) is 17.1 Å². The number of para-hydroxylation sites is 1. The normalized spacial score (nSPS) is 19.4. The fourth-order valence-corrected chi connectivity index (χ4v) is 7.77. The molecule has 0 spiro atoms. The van der Waals surface area contributed by atoms with Gasteiger partial charge in [-0.25, -0.2) is 9.37 Å². The quantitative estimate of drug-likeness (QED) is 0.153. The number of anilines is 1. The Hall–Kier alpha value is -6.03. The van der Waals surface area contributed by atoms with Gasteiger partial charge in [-0.1, -0.05) is 32.1 Å². The molecule has 2 atom stereocenters. The molecule has 1 amide bonds. The number of halogens is 1. The number of nitrogens with one attached hydrogen (secondary N) is 2. The lowest BCUT2D eigenvalue weighted by atomic mass is 9.98. The van der Waals surface area contributed by atoms with E-state index in [4.69, 9.17) is 19.2 Å². The summed E-state index contributed by atoms with van der Waals surface area (Å²) >= 11 is 0. The van der Waals surface area contributed by atoms with E-state index >= 15 is 4.39 Å². The highest BCUT2D eigenvalue weighted by atomic mass is 19.1. The molecule has 4 aromatic carbocycles. The van der Waals surface area contributed by atoms with Crippen LogP contribution in [0.25, 0.3) is 27.5 Å². The van der Waals surface area contributed by atoms with E-state index in [9.17, 15) is 10.1 Å². The molecule has 0 radical (unpaired) electrons. The smallest absolute Gasteiger partial charge is 0.278 e. The van der Waals surface area contributed by atoms with Crippen LogP contribution >= 0.6 is 0 Å². The van der Waals surface area contributed by atoms with Gasteiger partial charge in [-0.3, -0.25) is 14.8 Å². The zero-order chi connectivity index (χ0) is 37.8. The van der Waals surface area contributed by atoms with Crippen LogP contribution in [0.5, 0.6) is 11.5 Å². The molecule has 1 saturated heterocycles. The summed E-state index contributed by atoms with van der Waals surface area (Å²) in [6.07, 6.45) is 4.13. The molecule has 0 bridgehead atoms. The Labute approximate surface area is 317 Å². The van der Waals surface area contributed by atoms with Crippen molar-refractivity contribution >= 4 is 39.1 Å². The lowest BCUT2D eigenvalue weighted by molar-refractivity contribution is -0.0708. The molecule has 11 nitrogen and oxygen atoms in total. The second-order valence-corrected chi connectivity index (χ2v) is 14.9. The number of fused-ring (bicyclic) bond motifs is 3. The monoisotopic (exact) mass is 737 g/mol. The zero-order valence-electron chi connectivity index (χ0n) is 30.9. The van der Waals surface area contributed by atoms with Crippen molar-refractivity contribution in [1.82, 2.24) is 24.6 Å². The Morgan fingerprint density at radius 3 is 2.73 bits per heavy atom. The van der Waals surface area contributed by atoms with Crippen LogP contribution in [0.3, 0.4) is 0 Å². The number of imidazole rings is 1. The van der Waals surface area contributed by atoms with Gasteiger partial charge in [-0.05, 0) is 85.0 Å². The first-order valence-corrected chi connectivity index (χ1v) is 18.7. The van der Waals surface area contributed by atoms with Crippen molar-refractivity contribution < 1.29 is 23.4 Å². The summed E-state index contributed by atoms with van der Waals surface area (Å²) in [5, 5.41) is 20.7. The van der Waals surface area contributed by atoms with Gasteiger partial charge < -0.3 is 24.1 Å². The van der Waals surface area contributed by atoms with Crippen LogP contribution in [0.15, 0.2) is 78.9 Å². The van der Waals surface area contributed by atoms with Crippen molar-refractivity contribution in [2.75, 3.05) is 25.0 Å². The molecule has 2 aromatic heterocycles. The molecule has 55 heavy (non-hydrogen) atoms. The molecule has 278 valence electrons. The third-order valence-electron chi connectivity index (χ3n) is 10.9. The summed E-state index contributed by atoms with van der Waals surface area (Å²) in [7, 11) is 0. The Morgan fingerprint density at radius 1 is 1.11 bits per heavy atom. The molecule has 0 saturated carbocycles. The van der Waals surface area contributed by atoms with Crippen LogP contribution in [0.4, 0.5) is 10.1 Å².